The van der Waals surface area contributed by atoms with Crippen LogP contribution in [-0.2, 0) is 14.3 Å². The van der Waals surface area contributed by atoms with Gasteiger partial charge in [0, 0.05) is 54.4 Å². The summed E-state index contributed by atoms with van der Waals surface area (Å²) in [5, 5.41) is 8.70. The SMILES string of the molecule is Brc1ccc2[nH]ccc2c1.C.C1=COCCC1.CCI.CI.O=CC1=NC(C2CCCCO2)C2C=CC(Br)=CC12.O=Cc1[nH]nc2ccc(Br)cc12. The normalized spacial score (nSPS) is 20.7. The number of carbonyl (C=O) groups excluding carboxylic acids is 2. The van der Waals surface area contributed by atoms with E-state index in [1.165, 1.54) is 34.6 Å². The van der Waals surface area contributed by atoms with Crippen LogP contribution in [-0.4, -0.2) is 68.2 Å². The Balaban J connectivity index is 0.000000241. The first-order chi connectivity index (χ1) is 24.9. The number of halogens is 5. The van der Waals surface area contributed by atoms with Crippen LogP contribution in [0.1, 0.15) is 56.9 Å². The Bertz CT molecular complexity index is 1780. The molecular formula is C39H47Br3I2N4O4. The molecule has 1 aliphatic carbocycles. The maximum absolute atomic E-state index is 11.2. The summed E-state index contributed by atoms with van der Waals surface area (Å²) in [6, 6.07) is 13.9. The Morgan fingerprint density at radius 2 is 1.73 bits per heavy atom. The first-order valence-electron chi connectivity index (χ1n) is 16.6. The Labute approximate surface area is 360 Å². The largest absolute Gasteiger partial charge is 0.502 e. The van der Waals surface area contributed by atoms with Crippen molar-refractivity contribution < 1.29 is 19.1 Å². The van der Waals surface area contributed by atoms with Crippen LogP contribution in [0.2, 0.25) is 0 Å². The molecule has 2 aromatic carbocycles. The Morgan fingerprint density at radius 1 is 0.981 bits per heavy atom. The van der Waals surface area contributed by atoms with Crippen molar-refractivity contribution in [3.8, 4) is 0 Å². The lowest BCUT2D eigenvalue weighted by Crippen LogP contribution is -2.36. The zero-order valence-corrected chi connectivity index (χ0v) is 37.6. The number of nitrogens with one attached hydrogen (secondary N) is 2. The summed E-state index contributed by atoms with van der Waals surface area (Å²) in [7, 11) is 0. The number of nitrogens with zero attached hydrogens (tertiary/aromatic N) is 2. The van der Waals surface area contributed by atoms with E-state index >= 15 is 0 Å². The molecule has 1 saturated heterocycles. The van der Waals surface area contributed by atoms with Gasteiger partial charge in [-0.2, -0.15) is 5.10 Å². The molecule has 8 rings (SSSR count). The van der Waals surface area contributed by atoms with E-state index in [9.17, 15) is 9.59 Å². The lowest BCUT2D eigenvalue weighted by Gasteiger charge is -2.31. The number of carbonyl (C=O) groups is 2. The van der Waals surface area contributed by atoms with Crippen molar-refractivity contribution in [2.75, 3.05) is 22.6 Å². The molecule has 4 unspecified atom stereocenters. The molecule has 1 fully saturated rings. The third-order valence-electron chi connectivity index (χ3n) is 7.99. The number of aromatic nitrogens is 3. The maximum atomic E-state index is 11.2. The van der Waals surface area contributed by atoms with Crippen LogP contribution in [0.4, 0.5) is 0 Å². The molecule has 0 amide bonds. The summed E-state index contributed by atoms with van der Waals surface area (Å²) in [5.74, 6) is 0.409. The van der Waals surface area contributed by atoms with Crippen molar-refractivity contribution in [1.29, 1.82) is 0 Å². The number of aldehydes is 2. The van der Waals surface area contributed by atoms with Crippen molar-refractivity contribution in [2.45, 2.75) is 58.6 Å². The number of alkyl halides is 2. The third kappa shape index (κ3) is 14.5. The molecule has 0 spiro atoms. The smallest absolute Gasteiger partial charge is 0.168 e. The van der Waals surface area contributed by atoms with Crippen molar-refractivity contribution in [3.05, 3.63) is 98.3 Å². The highest BCUT2D eigenvalue weighted by Crippen LogP contribution is 2.38. The van der Waals surface area contributed by atoms with Crippen LogP contribution in [0.25, 0.3) is 21.8 Å². The van der Waals surface area contributed by atoms with Gasteiger partial charge in [0.25, 0.3) is 0 Å². The van der Waals surface area contributed by atoms with E-state index in [1.54, 1.807) is 6.26 Å². The highest BCUT2D eigenvalue weighted by molar-refractivity contribution is 14.1. The summed E-state index contributed by atoms with van der Waals surface area (Å²) < 4.78 is 15.0. The number of benzene rings is 2. The van der Waals surface area contributed by atoms with Crippen molar-refractivity contribution in [2.24, 2.45) is 16.8 Å². The van der Waals surface area contributed by atoms with Crippen LogP contribution in [0.3, 0.4) is 0 Å². The molecule has 13 heteroatoms. The van der Waals surface area contributed by atoms with Gasteiger partial charge in [-0.25, -0.2) is 0 Å². The third-order valence-corrected chi connectivity index (χ3v) is 9.50. The monoisotopic (exact) mass is 1130 g/mol. The molecule has 5 heterocycles. The number of aliphatic imine (C=N–C) groups is 1. The molecule has 3 aliphatic heterocycles. The predicted octanol–water partition coefficient (Wildman–Crippen LogP) is 12.2. The fourth-order valence-electron chi connectivity index (χ4n) is 5.69. The lowest BCUT2D eigenvalue weighted by molar-refractivity contribution is -0.102. The minimum Gasteiger partial charge on any atom is -0.502 e. The van der Waals surface area contributed by atoms with Crippen LogP contribution < -0.4 is 0 Å². The van der Waals surface area contributed by atoms with Gasteiger partial charge >= 0.3 is 0 Å². The van der Waals surface area contributed by atoms with Crippen LogP contribution in [0.15, 0.2) is 97.6 Å². The molecule has 4 aromatic rings. The highest BCUT2D eigenvalue weighted by atomic mass is 127. The number of aromatic amines is 2. The number of allylic oxidation sites excluding steroid dienone is 4. The van der Waals surface area contributed by atoms with E-state index in [4.69, 9.17) is 9.47 Å². The van der Waals surface area contributed by atoms with Gasteiger partial charge in [-0.3, -0.25) is 19.7 Å². The topological polar surface area (TPSA) is 109 Å². The number of rotatable bonds is 3. The van der Waals surface area contributed by atoms with E-state index in [1.807, 2.05) is 41.5 Å². The molecule has 52 heavy (non-hydrogen) atoms. The van der Waals surface area contributed by atoms with Crippen molar-refractivity contribution in [3.63, 3.8) is 0 Å². The van der Waals surface area contributed by atoms with Gasteiger partial charge in [0.2, 0.25) is 0 Å². The Kier molecular flexibility index (Phi) is 23.4. The number of fused-ring (bicyclic) bond motifs is 3. The second kappa shape index (κ2) is 26.2. The second-order valence-corrected chi connectivity index (χ2v) is 15.6. The highest BCUT2D eigenvalue weighted by Gasteiger charge is 2.42. The molecular weight excluding hydrogens is 1080 g/mol. The molecule has 0 radical (unpaired) electrons. The number of ether oxygens (including phenoxy) is 2. The Morgan fingerprint density at radius 3 is 2.35 bits per heavy atom. The van der Waals surface area contributed by atoms with Crippen molar-refractivity contribution in [1.82, 2.24) is 15.2 Å². The van der Waals surface area contributed by atoms with Gasteiger partial charge in [-0.05, 0) is 90.0 Å². The quantitative estimate of drug-likeness (QED) is 0.121. The van der Waals surface area contributed by atoms with Crippen LogP contribution in [0, 0.1) is 11.8 Å². The molecule has 0 saturated carbocycles. The zero-order chi connectivity index (χ0) is 37.0. The first-order valence-corrected chi connectivity index (χ1v) is 22.7. The van der Waals surface area contributed by atoms with E-state index < -0.39 is 0 Å². The molecule has 8 nitrogen and oxygen atoms in total. The lowest BCUT2D eigenvalue weighted by atomic mass is 9.81. The molecule has 4 aliphatic rings. The minimum absolute atomic E-state index is 0. The van der Waals surface area contributed by atoms with Gasteiger partial charge in [-0.15, -0.1) is 0 Å². The zero-order valence-electron chi connectivity index (χ0n) is 28.5. The average Bonchev–Trinajstić information content (AvgIpc) is 3.91. The van der Waals surface area contributed by atoms with E-state index in [0.29, 0.717) is 11.4 Å². The first kappa shape index (κ1) is 46.5. The summed E-state index contributed by atoms with van der Waals surface area (Å²) >= 11 is 14.6. The summed E-state index contributed by atoms with van der Waals surface area (Å²) in [6.45, 7) is 3.85. The van der Waals surface area contributed by atoms with Gasteiger partial charge in [0.05, 0.1) is 36.2 Å². The molecule has 282 valence electrons. The average molecular weight is 1130 g/mol. The van der Waals surface area contributed by atoms with Gasteiger partial charge < -0.3 is 14.5 Å². The summed E-state index contributed by atoms with van der Waals surface area (Å²) in [5.41, 5.74) is 3.18. The molecule has 2 aromatic heterocycles. The summed E-state index contributed by atoms with van der Waals surface area (Å²) in [4.78, 5) is 31.4. The predicted molar refractivity (Wildman–Crippen MR) is 245 cm³/mol. The summed E-state index contributed by atoms with van der Waals surface area (Å²) in [6.07, 6.45) is 19.7. The van der Waals surface area contributed by atoms with E-state index in [0.717, 1.165) is 63.0 Å². The van der Waals surface area contributed by atoms with Gasteiger partial charge in [0.15, 0.2) is 12.6 Å². The molecule has 0 bridgehead atoms. The fraction of sp³-hybridized carbons (Fsp3) is 0.385. The van der Waals surface area contributed by atoms with Crippen LogP contribution >= 0.6 is 93.0 Å². The Hall–Kier alpha value is -1.66. The van der Waals surface area contributed by atoms with Gasteiger partial charge in [0.1, 0.15) is 5.69 Å². The minimum atomic E-state index is 0. The van der Waals surface area contributed by atoms with Crippen LogP contribution in [0.5, 0.6) is 0 Å². The molecule has 2 N–H and O–H groups in total. The fourth-order valence-corrected chi connectivity index (χ4v) is 6.87. The number of hydrogen-bond acceptors (Lipinski definition) is 6. The van der Waals surface area contributed by atoms with E-state index in [-0.39, 0.29) is 31.4 Å². The number of hydrogen-bond donors (Lipinski definition) is 2. The van der Waals surface area contributed by atoms with Gasteiger partial charge in [-0.1, -0.05) is 126 Å². The van der Waals surface area contributed by atoms with Crippen molar-refractivity contribution >= 4 is 133 Å². The maximum Gasteiger partial charge on any atom is 0.168 e. The number of H-pyrrole nitrogens is 2. The molecule has 4 atom stereocenters. The second-order valence-electron chi connectivity index (χ2n) is 11.4. The van der Waals surface area contributed by atoms with E-state index in [2.05, 4.69) is 156 Å². The standard InChI is InChI=1S/C14H16BrNO2.C8H5BrN2O.C8H6BrN.C5H8O.C2H5I.CH3I.CH4/c15-9-4-5-10-11(7-9)12(8-17)16-14(10)13-3-1-2-6-18-13;9-5-1-2-7-6(3-5)8(4-12)11-10-7;9-7-1-2-8-6(5-7)3-4-10-8;1-2-4-6-5-3-1;1-2-3;1-2;/h4-5,7-8,10-11,13-14H,1-3,6H2;1-4H,(H,10,11);1-5,10H;2,4H,1,3,5H2;2H2,1H3;1H3;1H4.